The second-order valence-corrected chi connectivity index (χ2v) is 8.09. The number of urea groups is 1. The number of carbonyl (C=O) groups is 2. The fourth-order valence-electron chi connectivity index (χ4n) is 3.30. The summed E-state index contributed by atoms with van der Waals surface area (Å²) in [5.74, 6) is -0.224. The minimum absolute atomic E-state index is 0.284. The number of anilines is 1. The van der Waals surface area contributed by atoms with E-state index in [1.807, 2.05) is 30.3 Å². The Hall–Kier alpha value is -2.73. The number of hydrogen-bond acceptors (Lipinski definition) is 7. The molecule has 3 rings (SSSR count). The highest BCUT2D eigenvalue weighted by Gasteiger charge is 2.32. The van der Waals surface area contributed by atoms with E-state index >= 15 is 0 Å². The molecular formula is C22H33BN4O6. The van der Waals surface area contributed by atoms with E-state index in [1.165, 1.54) is 11.8 Å². The number of para-hydroxylation sites is 1. The molecule has 2 aromatic rings. The Morgan fingerprint density at radius 2 is 1.88 bits per heavy atom. The van der Waals surface area contributed by atoms with Gasteiger partial charge in [-0.15, -0.1) is 0 Å². The number of ether oxygens (including phenoxy) is 1. The number of carbonyl (C=O) groups excluding carboxylic acids is 1. The van der Waals surface area contributed by atoms with E-state index < -0.39 is 12.0 Å². The number of pyridine rings is 1. The van der Waals surface area contributed by atoms with Crippen LogP contribution in [0.2, 0.25) is 0 Å². The minimum Gasteiger partial charge on any atom is -0.480 e. The fraction of sp³-hybridized carbons (Fsp3) is 0.500. The SMILES string of the molecule is CC(C)C[C@H](N)OBO.C[C@@H](C(=O)O)N(C(=O)N1CCOCC1)c1ccc2ccccc2n1. The van der Waals surface area contributed by atoms with Gasteiger partial charge in [-0.2, -0.15) is 0 Å². The number of carboxylic acids is 1. The van der Waals surface area contributed by atoms with Crippen LogP contribution in [-0.4, -0.2) is 78.3 Å². The van der Waals surface area contributed by atoms with Crippen LogP contribution in [0.4, 0.5) is 10.6 Å². The highest BCUT2D eigenvalue weighted by atomic mass is 16.5. The topological polar surface area (TPSA) is 138 Å². The number of aliphatic carboxylic acids is 1. The van der Waals surface area contributed by atoms with Gasteiger partial charge in [0.25, 0.3) is 0 Å². The Morgan fingerprint density at radius 3 is 2.48 bits per heavy atom. The summed E-state index contributed by atoms with van der Waals surface area (Å²) in [7, 11) is -0.284. The van der Waals surface area contributed by atoms with Crippen LogP contribution >= 0.6 is 0 Å². The normalized spacial score (nSPS) is 15.4. The summed E-state index contributed by atoms with van der Waals surface area (Å²) in [6.07, 6.45) is 0.482. The molecule has 2 atom stereocenters. The molecule has 2 amide bonds. The van der Waals surface area contributed by atoms with Crippen molar-refractivity contribution in [3.05, 3.63) is 36.4 Å². The number of aromatic nitrogens is 1. The Bertz CT molecular complexity index is 909. The van der Waals surface area contributed by atoms with E-state index in [0.29, 0.717) is 43.6 Å². The van der Waals surface area contributed by atoms with Gasteiger partial charge in [-0.3, -0.25) is 4.90 Å². The quantitative estimate of drug-likeness (QED) is 0.418. The monoisotopic (exact) mass is 460 g/mol. The maximum absolute atomic E-state index is 12.9. The maximum atomic E-state index is 12.9. The first-order valence-electron chi connectivity index (χ1n) is 11.0. The van der Waals surface area contributed by atoms with Crippen molar-refractivity contribution in [3.63, 3.8) is 0 Å². The Balaban J connectivity index is 0.000000365. The van der Waals surface area contributed by atoms with Gasteiger partial charge in [0.2, 0.25) is 0 Å². The number of hydrogen-bond donors (Lipinski definition) is 3. The molecule has 0 saturated carbocycles. The highest BCUT2D eigenvalue weighted by molar-refractivity contribution is 6.15. The van der Waals surface area contributed by atoms with Crippen molar-refractivity contribution in [2.75, 3.05) is 31.2 Å². The molecule has 2 heterocycles. The second-order valence-electron chi connectivity index (χ2n) is 8.09. The van der Waals surface area contributed by atoms with Gasteiger partial charge >= 0.3 is 19.7 Å². The van der Waals surface area contributed by atoms with E-state index in [-0.39, 0.29) is 19.9 Å². The van der Waals surface area contributed by atoms with E-state index in [0.717, 1.165) is 11.8 Å². The molecule has 11 heteroatoms. The Morgan fingerprint density at radius 1 is 1.21 bits per heavy atom. The fourth-order valence-corrected chi connectivity index (χ4v) is 3.30. The van der Waals surface area contributed by atoms with E-state index in [9.17, 15) is 14.7 Å². The van der Waals surface area contributed by atoms with Crippen LogP contribution < -0.4 is 10.6 Å². The lowest BCUT2D eigenvalue weighted by Gasteiger charge is -2.34. The van der Waals surface area contributed by atoms with E-state index in [4.69, 9.17) is 15.5 Å². The third kappa shape index (κ3) is 7.97. The molecular weight excluding hydrogens is 427 g/mol. The molecule has 1 aromatic carbocycles. The zero-order valence-corrected chi connectivity index (χ0v) is 19.4. The van der Waals surface area contributed by atoms with Crippen molar-refractivity contribution < 1.29 is 29.1 Å². The van der Waals surface area contributed by atoms with Crippen molar-refractivity contribution >= 4 is 36.4 Å². The van der Waals surface area contributed by atoms with Gasteiger partial charge in [-0.05, 0) is 37.5 Å². The lowest BCUT2D eigenvalue weighted by molar-refractivity contribution is -0.138. The summed E-state index contributed by atoms with van der Waals surface area (Å²) in [5.41, 5.74) is 6.12. The molecule has 0 bridgehead atoms. The summed E-state index contributed by atoms with van der Waals surface area (Å²) < 4.78 is 9.94. The summed E-state index contributed by atoms with van der Waals surface area (Å²) in [6, 6.07) is 9.65. The zero-order valence-electron chi connectivity index (χ0n) is 19.4. The van der Waals surface area contributed by atoms with Crippen molar-refractivity contribution in [1.29, 1.82) is 0 Å². The first-order valence-corrected chi connectivity index (χ1v) is 11.0. The average Bonchev–Trinajstić information content (AvgIpc) is 2.79. The summed E-state index contributed by atoms with van der Waals surface area (Å²) in [4.78, 5) is 31.7. The number of rotatable bonds is 7. The molecule has 33 heavy (non-hydrogen) atoms. The van der Waals surface area contributed by atoms with Crippen LogP contribution in [-0.2, 0) is 14.2 Å². The van der Waals surface area contributed by atoms with Gasteiger partial charge < -0.3 is 30.2 Å². The van der Waals surface area contributed by atoms with Gasteiger partial charge in [0.15, 0.2) is 0 Å². The maximum Gasteiger partial charge on any atom is 0.436 e. The van der Waals surface area contributed by atoms with Gasteiger partial charge in [0, 0.05) is 18.5 Å². The molecule has 180 valence electrons. The molecule has 1 aromatic heterocycles. The van der Waals surface area contributed by atoms with Crippen LogP contribution in [0, 0.1) is 5.92 Å². The number of nitrogens with zero attached hydrogens (tertiary/aromatic N) is 3. The number of benzene rings is 1. The van der Waals surface area contributed by atoms with Crippen molar-refractivity contribution in [3.8, 4) is 0 Å². The Kier molecular flexibility index (Phi) is 10.5. The van der Waals surface area contributed by atoms with Crippen LogP contribution in [0.1, 0.15) is 27.2 Å². The highest BCUT2D eigenvalue weighted by Crippen LogP contribution is 2.22. The first kappa shape index (κ1) is 26.5. The number of nitrogens with two attached hydrogens (primary N) is 1. The van der Waals surface area contributed by atoms with Crippen LogP contribution in [0.15, 0.2) is 36.4 Å². The van der Waals surface area contributed by atoms with Crippen LogP contribution in [0.25, 0.3) is 10.9 Å². The van der Waals surface area contributed by atoms with Gasteiger partial charge in [-0.25, -0.2) is 14.6 Å². The average molecular weight is 460 g/mol. The van der Waals surface area contributed by atoms with E-state index in [2.05, 4.69) is 23.5 Å². The van der Waals surface area contributed by atoms with Crippen LogP contribution in [0.3, 0.4) is 0 Å². The number of amides is 2. The molecule has 1 aliphatic heterocycles. The smallest absolute Gasteiger partial charge is 0.436 e. The molecule has 0 unspecified atom stereocenters. The third-order valence-electron chi connectivity index (χ3n) is 5.06. The van der Waals surface area contributed by atoms with Gasteiger partial charge in [0.05, 0.1) is 25.0 Å². The first-order chi connectivity index (χ1) is 15.7. The van der Waals surface area contributed by atoms with Gasteiger partial charge in [-0.1, -0.05) is 32.0 Å². The molecule has 0 spiro atoms. The van der Waals surface area contributed by atoms with Crippen molar-refractivity contribution in [2.45, 2.75) is 39.5 Å². The molecule has 10 nitrogen and oxygen atoms in total. The lowest BCUT2D eigenvalue weighted by atomic mass is 10.1. The zero-order chi connectivity index (χ0) is 24.4. The summed E-state index contributed by atoms with van der Waals surface area (Å²) in [6.45, 7) is 7.38. The third-order valence-corrected chi connectivity index (χ3v) is 5.06. The molecule has 4 N–H and O–H groups in total. The van der Waals surface area contributed by atoms with Gasteiger partial charge in [0.1, 0.15) is 11.9 Å². The summed E-state index contributed by atoms with van der Waals surface area (Å²) in [5, 5.41) is 18.6. The molecule has 0 aliphatic carbocycles. The predicted molar refractivity (Wildman–Crippen MR) is 127 cm³/mol. The number of carboxylic acid groups (broad SMARTS) is 1. The Labute approximate surface area is 194 Å². The molecule has 1 aliphatic rings. The van der Waals surface area contributed by atoms with Crippen LogP contribution in [0.5, 0.6) is 0 Å². The summed E-state index contributed by atoms with van der Waals surface area (Å²) >= 11 is 0. The number of fused-ring (bicyclic) bond motifs is 1. The standard InChI is InChI=1S/C17H19N3O4.C5H14BNO2/c1-12(16(21)22)20(17(23)19-8-10-24-11-9-19)15-7-6-13-4-2-3-5-14(13)18-15;1-4(2)3-5(7)9-6-8/h2-7,12H,8-11H2,1H3,(H,21,22);4-6,8H,3,7H2,1-2H3/t12-;5-/m01/s1. The largest absolute Gasteiger partial charge is 0.480 e. The second kappa shape index (κ2) is 13.1. The number of morpholine rings is 1. The van der Waals surface area contributed by atoms with Crippen molar-refractivity contribution in [1.82, 2.24) is 9.88 Å². The lowest BCUT2D eigenvalue weighted by Crippen LogP contribution is -2.53. The van der Waals surface area contributed by atoms with Crippen molar-refractivity contribution in [2.24, 2.45) is 11.7 Å². The minimum atomic E-state index is -1.08. The van der Waals surface area contributed by atoms with E-state index in [1.54, 1.807) is 11.0 Å². The molecule has 1 saturated heterocycles. The predicted octanol–water partition coefficient (Wildman–Crippen LogP) is 1.56. The molecule has 1 fully saturated rings. The molecule has 0 radical (unpaired) electrons.